The van der Waals surface area contributed by atoms with Gasteiger partial charge in [-0.1, -0.05) is 17.7 Å². The molecule has 0 aromatic carbocycles. The number of halogens is 1. The number of hydrogen-bond donors (Lipinski definition) is 0. The van der Waals surface area contributed by atoms with Gasteiger partial charge >= 0.3 is 0 Å². The van der Waals surface area contributed by atoms with Crippen LogP contribution in [0.1, 0.15) is 18.3 Å². The quantitative estimate of drug-likeness (QED) is 0.782. The lowest BCUT2D eigenvalue weighted by Gasteiger charge is -2.01. The Hall–Kier alpha value is -1.35. The van der Waals surface area contributed by atoms with Gasteiger partial charge in [0.2, 0.25) is 0 Å². The van der Waals surface area contributed by atoms with Crippen LogP contribution in [0, 0.1) is 6.92 Å². The minimum absolute atomic E-state index is 0.151. The molecule has 2 aromatic heterocycles. The van der Waals surface area contributed by atoms with Crippen LogP contribution in [0.15, 0.2) is 18.3 Å². The van der Waals surface area contributed by atoms with Gasteiger partial charge in [-0.25, -0.2) is 4.98 Å². The normalized spacial score (nSPS) is 10.9. The van der Waals surface area contributed by atoms with Gasteiger partial charge in [0.05, 0.1) is 5.52 Å². The molecule has 2 rings (SSSR count). The highest BCUT2D eigenvalue weighted by atomic mass is 35.5. The molecular weight excluding hydrogens is 212 g/mol. The molecule has 0 saturated carbocycles. The molecule has 0 fully saturated rings. The largest absolute Gasteiger partial charge is 0.302 e. The number of Topliss-reactive ketones (excluding diaryl/α,β-unsaturated/α-hetero) is 1. The Morgan fingerprint density at radius 2 is 2.27 bits per heavy atom. The van der Waals surface area contributed by atoms with Crippen LogP contribution >= 0.6 is 11.6 Å². The number of rotatable bonds is 2. The van der Waals surface area contributed by atoms with E-state index in [-0.39, 0.29) is 5.78 Å². The van der Waals surface area contributed by atoms with Crippen LogP contribution in [0.4, 0.5) is 0 Å². The van der Waals surface area contributed by atoms with Gasteiger partial charge in [0.15, 0.2) is 5.15 Å². The first-order chi connectivity index (χ1) is 7.08. The van der Waals surface area contributed by atoms with Gasteiger partial charge in [-0.2, -0.15) is 0 Å². The fraction of sp³-hybridized carbons (Fsp3) is 0.273. The summed E-state index contributed by atoms with van der Waals surface area (Å²) < 4.78 is 1.90. The summed E-state index contributed by atoms with van der Waals surface area (Å²) in [7, 11) is 0. The number of aryl methyl sites for hydroxylation is 1. The molecule has 0 aliphatic heterocycles. The second-order valence-electron chi connectivity index (χ2n) is 3.62. The third-order valence-electron chi connectivity index (χ3n) is 2.28. The molecule has 78 valence electrons. The van der Waals surface area contributed by atoms with Crippen LogP contribution in [-0.4, -0.2) is 15.2 Å². The molecule has 0 atom stereocenters. The zero-order valence-electron chi connectivity index (χ0n) is 8.62. The molecular formula is C11H11ClN2O. The third-order valence-corrected chi connectivity index (χ3v) is 2.56. The molecule has 0 amide bonds. The van der Waals surface area contributed by atoms with Gasteiger partial charge in [-0.3, -0.25) is 4.79 Å². The van der Waals surface area contributed by atoms with Crippen LogP contribution in [0.3, 0.4) is 0 Å². The number of aromatic nitrogens is 2. The number of fused-ring (bicyclic) bond motifs is 1. The van der Waals surface area contributed by atoms with Crippen LogP contribution in [0.5, 0.6) is 0 Å². The Kier molecular flexibility index (Phi) is 2.49. The molecule has 0 aliphatic rings. The summed E-state index contributed by atoms with van der Waals surface area (Å²) in [5.41, 5.74) is 1.86. The second-order valence-corrected chi connectivity index (χ2v) is 3.98. The topological polar surface area (TPSA) is 34.4 Å². The summed E-state index contributed by atoms with van der Waals surface area (Å²) in [6.07, 6.45) is 2.36. The number of nitrogens with zero attached hydrogens (tertiary/aromatic N) is 2. The van der Waals surface area contributed by atoms with Crippen molar-refractivity contribution in [2.45, 2.75) is 20.3 Å². The fourth-order valence-electron chi connectivity index (χ4n) is 1.63. The number of ketones is 1. The van der Waals surface area contributed by atoms with E-state index in [2.05, 4.69) is 4.98 Å². The van der Waals surface area contributed by atoms with E-state index < -0.39 is 0 Å². The van der Waals surface area contributed by atoms with Crippen molar-refractivity contribution in [2.75, 3.05) is 0 Å². The smallest absolute Gasteiger partial charge is 0.155 e. The van der Waals surface area contributed by atoms with Gasteiger partial charge in [-0.15, -0.1) is 0 Å². The molecule has 2 heterocycles. The SMILES string of the molecule is CC(=O)Cc1ccc2c(Cl)nc(C)n2c1. The van der Waals surface area contributed by atoms with Crippen molar-refractivity contribution in [2.24, 2.45) is 0 Å². The standard InChI is InChI=1S/C11H11ClN2O/c1-7(15)5-9-3-4-10-11(12)13-8(2)14(10)6-9/h3-4,6H,5H2,1-2H3. The molecule has 3 nitrogen and oxygen atoms in total. The third kappa shape index (κ3) is 1.88. The molecule has 2 aromatic rings. The molecule has 0 N–H and O–H groups in total. The van der Waals surface area contributed by atoms with E-state index in [4.69, 9.17) is 11.6 Å². The van der Waals surface area contributed by atoms with Gasteiger partial charge in [0, 0.05) is 12.6 Å². The van der Waals surface area contributed by atoms with Gasteiger partial charge in [0.1, 0.15) is 11.6 Å². The van der Waals surface area contributed by atoms with E-state index in [0.717, 1.165) is 16.9 Å². The zero-order chi connectivity index (χ0) is 11.0. The van der Waals surface area contributed by atoms with E-state index in [9.17, 15) is 4.79 Å². The van der Waals surface area contributed by atoms with Crippen molar-refractivity contribution in [3.05, 3.63) is 34.9 Å². The van der Waals surface area contributed by atoms with Crippen molar-refractivity contribution in [1.29, 1.82) is 0 Å². The van der Waals surface area contributed by atoms with Crippen molar-refractivity contribution in [1.82, 2.24) is 9.38 Å². The lowest BCUT2D eigenvalue weighted by atomic mass is 10.1. The maximum Gasteiger partial charge on any atom is 0.155 e. The predicted octanol–water partition coefficient (Wildman–Crippen LogP) is 2.43. The zero-order valence-corrected chi connectivity index (χ0v) is 9.38. The highest BCUT2D eigenvalue weighted by Crippen LogP contribution is 2.18. The maximum absolute atomic E-state index is 11.0. The van der Waals surface area contributed by atoms with Crippen LogP contribution < -0.4 is 0 Å². The average molecular weight is 223 g/mol. The van der Waals surface area contributed by atoms with E-state index in [1.807, 2.05) is 29.7 Å². The molecule has 0 spiro atoms. The van der Waals surface area contributed by atoms with Crippen molar-refractivity contribution >= 4 is 22.9 Å². The number of imidazole rings is 1. The first-order valence-electron chi connectivity index (χ1n) is 4.70. The summed E-state index contributed by atoms with van der Waals surface area (Å²) in [5, 5.41) is 0.502. The summed E-state index contributed by atoms with van der Waals surface area (Å²) in [6.45, 7) is 3.47. The van der Waals surface area contributed by atoms with E-state index in [1.165, 1.54) is 0 Å². The molecule has 0 bridgehead atoms. The molecule has 0 unspecified atom stereocenters. The summed E-state index contributed by atoms with van der Waals surface area (Å²) in [6, 6.07) is 3.80. The maximum atomic E-state index is 11.0. The van der Waals surface area contributed by atoms with E-state index >= 15 is 0 Å². The van der Waals surface area contributed by atoms with Gasteiger partial charge in [-0.05, 0) is 25.5 Å². The van der Waals surface area contributed by atoms with Crippen molar-refractivity contribution < 1.29 is 4.79 Å². The Morgan fingerprint density at radius 3 is 2.93 bits per heavy atom. The highest BCUT2D eigenvalue weighted by Gasteiger charge is 2.06. The predicted molar refractivity (Wildman–Crippen MR) is 59.3 cm³/mol. The van der Waals surface area contributed by atoms with Crippen LogP contribution in [0.25, 0.3) is 5.52 Å². The Bertz CT molecular complexity index is 531. The van der Waals surface area contributed by atoms with Gasteiger partial charge in [0.25, 0.3) is 0 Å². The molecule has 0 saturated heterocycles. The summed E-state index contributed by atoms with van der Waals surface area (Å²) >= 11 is 5.94. The summed E-state index contributed by atoms with van der Waals surface area (Å²) in [5.74, 6) is 0.985. The average Bonchev–Trinajstić information content (AvgIpc) is 2.41. The minimum atomic E-state index is 0.151. The number of carbonyl (C=O) groups is 1. The van der Waals surface area contributed by atoms with Crippen molar-refractivity contribution in [3.8, 4) is 0 Å². The Balaban J connectivity index is 2.55. The lowest BCUT2D eigenvalue weighted by molar-refractivity contribution is -0.116. The van der Waals surface area contributed by atoms with Crippen LogP contribution in [0.2, 0.25) is 5.15 Å². The number of pyridine rings is 1. The fourth-order valence-corrected chi connectivity index (χ4v) is 1.90. The summed E-state index contributed by atoms with van der Waals surface area (Å²) in [4.78, 5) is 15.1. The van der Waals surface area contributed by atoms with Crippen LogP contribution in [-0.2, 0) is 11.2 Å². The van der Waals surface area contributed by atoms with E-state index in [1.54, 1.807) is 6.92 Å². The van der Waals surface area contributed by atoms with E-state index in [0.29, 0.717) is 11.6 Å². The van der Waals surface area contributed by atoms with Gasteiger partial charge < -0.3 is 4.40 Å². The second kappa shape index (κ2) is 3.66. The first kappa shape index (κ1) is 10.2. The first-order valence-corrected chi connectivity index (χ1v) is 5.08. The Morgan fingerprint density at radius 1 is 1.53 bits per heavy atom. The minimum Gasteiger partial charge on any atom is -0.302 e. The monoisotopic (exact) mass is 222 g/mol. The number of hydrogen-bond acceptors (Lipinski definition) is 2. The highest BCUT2D eigenvalue weighted by molar-refractivity contribution is 6.32. The van der Waals surface area contributed by atoms with Crippen molar-refractivity contribution in [3.63, 3.8) is 0 Å². The Labute approximate surface area is 92.7 Å². The molecule has 0 aliphatic carbocycles. The number of carbonyl (C=O) groups excluding carboxylic acids is 1. The molecule has 4 heteroatoms. The lowest BCUT2D eigenvalue weighted by Crippen LogP contribution is -1.98. The molecule has 0 radical (unpaired) electrons. The molecule has 15 heavy (non-hydrogen) atoms.